The number of rotatable bonds is 7. The number of para-hydroxylation sites is 2. The van der Waals surface area contributed by atoms with Crippen LogP contribution < -0.4 is 14.4 Å². The molecule has 2 aromatic carbocycles. The van der Waals surface area contributed by atoms with Gasteiger partial charge in [-0.05, 0) is 56.4 Å². The molecule has 0 spiro atoms. The van der Waals surface area contributed by atoms with Crippen LogP contribution in [0.4, 0.5) is 5.69 Å². The van der Waals surface area contributed by atoms with Crippen LogP contribution in [0.2, 0.25) is 0 Å². The van der Waals surface area contributed by atoms with E-state index in [9.17, 15) is 0 Å². The minimum Gasteiger partial charge on any atom is -0.493 e. The molecule has 0 aliphatic carbocycles. The molecule has 5 heteroatoms. The lowest BCUT2D eigenvalue weighted by Gasteiger charge is -2.29. The lowest BCUT2D eigenvalue weighted by Crippen LogP contribution is -2.29. The summed E-state index contributed by atoms with van der Waals surface area (Å²) in [5.41, 5.74) is 3.16. The summed E-state index contributed by atoms with van der Waals surface area (Å²) in [4.78, 5) is 2.47. The Morgan fingerprint density at radius 1 is 1.00 bits per heavy atom. The molecule has 1 aromatic heterocycles. The highest BCUT2D eigenvalue weighted by Crippen LogP contribution is 2.32. The van der Waals surface area contributed by atoms with Gasteiger partial charge in [0.05, 0.1) is 24.8 Å². The highest BCUT2D eigenvalue weighted by molar-refractivity contribution is 5.93. The summed E-state index contributed by atoms with van der Waals surface area (Å²) in [6, 6.07) is 14.0. The molecule has 5 nitrogen and oxygen atoms in total. The first-order chi connectivity index (χ1) is 13.4. The van der Waals surface area contributed by atoms with Crippen LogP contribution in [0.15, 0.2) is 47.0 Å². The lowest BCUT2D eigenvalue weighted by molar-refractivity contribution is 0.288. The van der Waals surface area contributed by atoms with Crippen molar-refractivity contribution in [2.45, 2.75) is 32.1 Å². The Morgan fingerprint density at radius 3 is 2.63 bits per heavy atom. The monoisotopic (exact) mass is 366 g/mol. The summed E-state index contributed by atoms with van der Waals surface area (Å²) in [6.45, 7) is 2.84. The van der Waals surface area contributed by atoms with E-state index in [4.69, 9.17) is 14.0 Å². The van der Waals surface area contributed by atoms with Crippen LogP contribution in [0.25, 0.3) is 11.0 Å². The Hall–Kier alpha value is -2.69. The van der Waals surface area contributed by atoms with Crippen molar-refractivity contribution in [1.29, 1.82) is 0 Å². The minimum atomic E-state index is 0.612. The number of benzene rings is 2. The Morgan fingerprint density at radius 2 is 1.81 bits per heavy atom. The Bertz CT molecular complexity index is 884. The molecule has 1 fully saturated rings. The number of nitrogens with zero attached hydrogens (tertiary/aromatic N) is 2. The van der Waals surface area contributed by atoms with E-state index in [0.29, 0.717) is 6.61 Å². The quantitative estimate of drug-likeness (QED) is 0.560. The second-order valence-electron chi connectivity index (χ2n) is 6.93. The van der Waals surface area contributed by atoms with Crippen molar-refractivity contribution in [2.24, 2.45) is 0 Å². The average molecular weight is 366 g/mol. The van der Waals surface area contributed by atoms with Gasteiger partial charge in [-0.25, -0.2) is 0 Å². The van der Waals surface area contributed by atoms with Crippen molar-refractivity contribution in [3.05, 3.63) is 48.2 Å². The van der Waals surface area contributed by atoms with Crippen LogP contribution in [0.1, 0.15) is 31.4 Å². The van der Waals surface area contributed by atoms with Crippen molar-refractivity contribution in [2.75, 3.05) is 31.7 Å². The Labute approximate surface area is 159 Å². The maximum absolute atomic E-state index is 5.89. The standard InChI is InChI=1S/C22H26N2O3/c1-25-19-11-3-4-12-20(19)26-16-8-9-17-22-18(24-14-5-2-6-15-24)10-7-13-21(22)27-23-17/h3-4,7,10-13H,2,5-6,8-9,14-16H2,1H3. The first-order valence-electron chi connectivity index (χ1n) is 9.75. The molecule has 0 amide bonds. The number of piperidine rings is 1. The summed E-state index contributed by atoms with van der Waals surface area (Å²) in [7, 11) is 1.66. The lowest BCUT2D eigenvalue weighted by atomic mass is 10.1. The molecule has 27 heavy (non-hydrogen) atoms. The molecule has 1 aliphatic rings. The van der Waals surface area contributed by atoms with Crippen molar-refractivity contribution >= 4 is 16.7 Å². The summed E-state index contributed by atoms with van der Waals surface area (Å²) < 4.78 is 16.8. The largest absolute Gasteiger partial charge is 0.493 e. The predicted octanol–water partition coefficient (Wildman–Crippen LogP) is 4.84. The predicted molar refractivity (Wildman–Crippen MR) is 107 cm³/mol. The topological polar surface area (TPSA) is 47.7 Å². The number of aryl methyl sites for hydroxylation is 1. The second-order valence-corrected chi connectivity index (χ2v) is 6.93. The average Bonchev–Trinajstić information content (AvgIpc) is 3.15. The fourth-order valence-corrected chi connectivity index (χ4v) is 3.76. The van der Waals surface area contributed by atoms with E-state index >= 15 is 0 Å². The third kappa shape index (κ3) is 3.87. The number of methoxy groups -OCH3 is 1. The van der Waals surface area contributed by atoms with E-state index in [1.807, 2.05) is 30.3 Å². The molecular formula is C22H26N2O3. The van der Waals surface area contributed by atoms with E-state index in [0.717, 1.165) is 54.1 Å². The van der Waals surface area contributed by atoms with Crippen LogP contribution in [0.5, 0.6) is 11.5 Å². The molecule has 0 atom stereocenters. The van der Waals surface area contributed by atoms with E-state index in [1.165, 1.54) is 24.9 Å². The zero-order valence-electron chi connectivity index (χ0n) is 15.8. The van der Waals surface area contributed by atoms with Crippen molar-refractivity contribution in [3.63, 3.8) is 0 Å². The van der Waals surface area contributed by atoms with Gasteiger partial charge in [0.2, 0.25) is 0 Å². The molecule has 0 saturated carbocycles. The van der Waals surface area contributed by atoms with Crippen molar-refractivity contribution < 1.29 is 14.0 Å². The molecule has 4 rings (SSSR count). The maximum Gasteiger partial charge on any atom is 0.169 e. The Kier molecular flexibility index (Phi) is 5.47. The number of ether oxygens (including phenoxy) is 2. The van der Waals surface area contributed by atoms with E-state index in [2.05, 4.69) is 22.2 Å². The smallest absolute Gasteiger partial charge is 0.169 e. The molecule has 142 valence electrons. The molecule has 1 aliphatic heterocycles. The fourth-order valence-electron chi connectivity index (χ4n) is 3.76. The molecule has 0 N–H and O–H groups in total. The van der Waals surface area contributed by atoms with E-state index in [-0.39, 0.29) is 0 Å². The number of anilines is 1. The SMILES string of the molecule is COc1ccccc1OCCCc1noc2cccc(N3CCCCC3)c12. The van der Waals surface area contributed by atoms with Gasteiger partial charge in [0.25, 0.3) is 0 Å². The first kappa shape index (κ1) is 17.7. The van der Waals surface area contributed by atoms with Gasteiger partial charge in [-0.1, -0.05) is 23.4 Å². The third-order valence-electron chi connectivity index (χ3n) is 5.13. The normalized spacial score (nSPS) is 14.5. The van der Waals surface area contributed by atoms with Crippen LogP contribution in [0, 0.1) is 0 Å². The maximum atomic E-state index is 5.89. The van der Waals surface area contributed by atoms with Crippen molar-refractivity contribution in [3.8, 4) is 11.5 Å². The fraction of sp³-hybridized carbons (Fsp3) is 0.409. The highest BCUT2D eigenvalue weighted by atomic mass is 16.5. The van der Waals surface area contributed by atoms with Crippen LogP contribution in [0.3, 0.4) is 0 Å². The van der Waals surface area contributed by atoms with Gasteiger partial charge in [0, 0.05) is 18.8 Å². The first-order valence-corrected chi connectivity index (χ1v) is 9.75. The summed E-state index contributed by atoms with van der Waals surface area (Å²) in [6.07, 6.45) is 5.53. The molecule has 3 aromatic rings. The Balaban J connectivity index is 1.44. The number of aromatic nitrogens is 1. The van der Waals surface area contributed by atoms with Gasteiger partial charge >= 0.3 is 0 Å². The number of hydrogen-bond donors (Lipinski definition) is 0. The molecule has 0 bridgehead atoms. The third-order valence-corrected chi connectivity index (χ3v) is 5.13. The van der Waals surface area contributed by atoms with Crippen molar-refractivity contribution in [1.82, 2.24) is 5.16 Å². The van der Waals surface area contributed by atoms with Crippen LogP contribution >= 0.6 is 0 Å². The summed E-state index contributed by atoms with van der Waals surface area (Å²) in [5.74, 6) is 1.54. The molecule has 0 unspecified atom stereocenters. The molecule has 2 heterocycles. The molecule has 1 saturated heterocycles. The molecule has 0 radical (unpaired) electrons. The van der Waals surface area contributed by atoms with Gasteiger partial charge in [-0.2, -0.15) is 0 Å². The van der Waals surface area contributed by atoms with Gasteiger partial charge in [0.1, 0.15) is 0 Å². The van der Waals surface area contributed by atoms with E-state index in [1.54, 1.807) is 7.11 Å². The highest BCUT2D eigenvalue weighted by Gasteiger charge is 2.18. The van der Waals surface area contributed by atoms with E-state index < -0.39 is 0 Å². The second kappa shape index (κ2) is 8.33. The van der Waals surface area contributed by atoms with Gasteiger partial charge in [-0.3, -0.25) is 0 Å². The summed E-state index contributed by atoms with van der Waals surface area (Å²) in [5, 5.41) is 5.51. The van der Waals surface area contributed by atoms with Crippen LogP contribution in [-0.2, 0) is 6.42 Å². The minimum absolute atomic E-state index is 0.612. The van der Waals surface area contributed by atoms with Gasteiger partial charge in [0.15, 0.2) is 17.1 Å². The number of fused-ring (bicyclic) bond motifs is 1. The van der Waals surface area contributed by atoms with Crippen LogP contribution in [-0.4, -0.2) is 32.0 Å². The molecular weight excluding hydrogens is 340 g/mol. The van der Waals surface area contributed by atoms with Gasteiger partial charge in [-0.15, -0.1) is 0 Å². The number of hydrogen-bond acceptors (Lipinski definition) is 5. The zero-order valence-corrected chi connectivity index (χ0v) is 15.8. The van der Waals surface area contributed by atoms with Gasteiger partial charge < -0.3 is 18.9 Å². The zero-order chi connectivity index (χ0) is 18.5. The summed E-state index contributed by atoms with van der Waals surface area (Å²) >= 11 is 0.